The molecule has 4 nitrogen and oxygen atoms in total. The molecule has 0 radical (unpaired) electrons. The zero-order valence-electron chi connectivity index (χ0n) is 15.7. The molecule has 1 aromatic carbocycles. The van der Waals surface area contributed by atoms with E-state index in [9.17, 15) is 9.18 Å². The van der Waals surface area contributed by atoms with Gasteiger partial charge in [-0.25, -0.2) is 9.37 Å². The lowest BCUT2D eigenvalue weighted by Crippen LogP contribution is -2.25. The number of aromatic nitrogens is 1. The van der Waals surface area contributed by atoms with Crippen LogP contribution in [0.2, 0.25) is 0 Å². The number of furan rings is 1. The van der Waals surface area contributed by atoms with E-state index in [1.54, 1.807) is 41.7 Å². The van der Waals surface area contributed by atoms with Crippen molar-refractivity contribution in [3.8, 4) is 11.3 Å². The van der Waals surface area contributed by atoms with Gasteiger partial charge in [-0.1, -0.05) is 12.1 Å². The number of benzene rings is 1. The SMILES string of the molecule is O=C(CCc1ccc(-c2ccccc2F)o1)NCCc1nc2c(s1)CCCC2. The van der Waals surface area contributed by atoms with Crippen LogP contribution in [0.3, 0.4) is 0 Å². The van der Waals surface area contributed by atoms with E-state index in [0.29, 0.717) is 36.5 Å². The van der Waals surface area contributed by atoms with E-state index in [4.69, 9.17) is 9.40 Å². The quantitative estimate of drug-likeness (QED) is 0.627. The third-order valence-electron chi connectivity index (χ3n) is 4.95. The zero-order chi connectivity index (χ0) is 19.3. The Bertz CT molecular complexity index is 940. The molecule has 2 aromatic heterocycles. The number of hydrogen-bond donors (Lipinski definition) is 1. The molecular formula is C22H23FN2O2S. The molecule has 146 valence electrons. The predicted molar refractivity (Wildman–Crippen MR) is 108 cm³/mol. The van der Waals surface area contributed by atoms with Crippen molar-refractivity contribution in [1.29, 1.82) is 0 Å². The number of nitrogens with one attached hydrogen (secondary N) is 1. The molecule has 6 heteroatoms. The Morgan fingerprint density at radius 1 is 1.14 bits per heavy atom. The molecule has 0 fully saturated rings. The van der Waals surface area contributed by atoms with Crippen LogP contribution in [0.25, 0.3) is 11.3 Å². The van der Waals surface area contributed by atoms with E-state index in [0.717, 1.165) is 24.3 Å². The number of rotatable bonds is 7. The minimum atomic E-state index is -0.315. The Kier molecular flexibility index (Phi) is 5.86. The van der Waals surface area contributed by atoms with Crippen molar-refractivity contribution in [3.63, 3.8) is 0 Å². The van der Waals surface area contributed by atoms with Crippen LogP contribution in [-0.4, -0.2) is 17.4 Å². The summed E-state index contributed by atoms with van der Waals surface area (Å²) in [5.74, 6) is 0.845. The highest BCUT2D eigenvalue weighted by Crippen LogP contribution is 2.27. The fraction of sp³-hybridized carbons (Fsp3) is 0.364. The molecule has 0 spiro atoms. The van der Waals surface area contributed by atoms with Crippen molar-refractivity contribution >= 4 is 17.2 Å². The summed E-state index contributed by atoms with van der Waals surface area (Å²) in [6.45, 7) is 0.601. The van der Waals surface area contributed by atoms with Gasteiger partial charge >= 0.3 is 0 Å². The Balaban J connectivity index is 1.23. The lowest BCUT2D eigenvalue weighted by Gasteiger charge is -2.06. The molecule has 2 heterocycles. The second-order valence-corrected chi connectivity index (χ2v) is 8.20. The van der Waals surface area contributed by atoms with Crippen LogP contribution in [-0.2, 0) is 30.5 Å². The van der Waals surface area contributed by atoms with Gasteiger partial charge in [0.15, 0.2) is 0 Å². The highest BCUT2D eigenvalue weighted by Gasteiger charge is 2.15. The lowest BCUT2D eigenvalue weighted by atomic mass is 10.0. The summed E-state index contributed by atoms with van der Waals surface area (Å²) in [6.07, 6.45) is 6.36. The number of thiazole rings is 1. The summed E-state index contributed by atoms with van der Waals surface area (Å²) < 4.78 is 19.5. The van der Waals surface area contributed by atoms with Crippen LogP contribution in [0, 0.1) is 5.82 Å². The van der Waals surface area contributed by atoms with E-state index in [-0.39, 0.29) is 11.7 Å². The average Bonchev–Trinajstić information content (AvgIpc) is 3.33. The zero-order valence-corrected chi connectivity index (χ0v) is 16.5. The molecule has 0 saturated carbocycles. The van der Waals surface area contributed by atoms with Gasteiger partial charge in [-0.05, 0) is 49.9 Å². The molecule has 28 heavy (non-hydrogen) atoms. The highest BCUT2D eigenvalue weighted by molar-refractivity contribution is 7.11. The number of aryl methyl sites for hydroxylation is 3. The van der Waals surface area contributed by atoms with Crippen molar-refractivity contribution in [1.82, 2.24) is 10.3 Å². The summed E-state index contributed by atoms with van der Waals surface area (Å²) in [6, 6.07) is 10.1. The van der Waals surface area contributed by atoms with Gasteiger partial charge in [0.05, 0.1) is 16.3 Å². The maximum Gasteiger partial charge on any atom is 0.220 e. The molecule has 1 aliphatic carbocycles. The second kappa shape index (κ2) is 8.69. The van der Waals surface area contributed by atoms with Gasteiger partial charge in [-0.2, -0.15) is 0 Å². The highest BCUT2D eigenvalue weighted by atomic mass is 32.1. The second-order valence-electron chi connectivity index (χ2n) is 7.03. The smallest absolute Gasteiger partial charge is 0.220 e. The van der Waals surface area contributed by atoms with E-state index in [2.05, 4.69) is 5.32 Å². The molecule has 0 bridgehead atoms. The molecule has 0 saturated heterocycles. The van der Waals surface area contributed by atoms with Crippen LogP contribution in [0.4, 0.5) is 4.39 Å². The first-order valence-electron chi connectivity index (χ1n) is 9.77. The fourth-order valence-electron chi connectivity index (χ4n) is 3.46. The number of nitrogens with zero attached hydrogens (tertiary/aromatic N) is 1. The Labute approximate surface area is 167 Å². The number of carbonyl (C=O) groups excluding carboxylic acids is 1. The summed E-state index contributed by atoms with van der Waals surface area (Å²) in [5.41, 5.74) is 1.70. The van der Waals surface area contributed by atoms with Crippen molar-refractivity contribution in [2.24, 2.45) is 0 Å². The summed E-state index contributed by atoms with van der Waals surface area (Å²) in [5, 5.41) is 4.07. The molecule has 1 aliphatic rings. The molecule has 0 unspecified atom stereocenters. The first-order valence-corrected chi connectivity index (χ1v) is 10.6. The van der Waals surface area contributed by atoms with Crippen LogP contribution in [0.1, 0.15) is 40.6 Å². The Morgan fingerprint density at radius 3 is 2.86 bits per heavy atom. The average molecular weight is 399 g/mol. The molecule has 0 aliphatic heterocycles. The monoisotopic (exact) mass is 398 g/mol. The standard InChI is InChI=1S/C22H23FN2O2S/c23-17-6-2-1-5-16(17)19-11-9-15(27-19)10-12-21(26)24-14-13-22-25-18-7-3-4-8-20(18)28-22/h1-2,5-6,9,11H,3-4,7-8,10,12-14H2,(H,24,26). The van der Waals surface area contributed by atoms with Gasteiger partial charge in [0, 0.05) is 30.7 Å². The minimum Gasteiger partial charge on any atom is -0.461 e. The number of halogens is 1. The van der Waals surface area contributed by atoms with Crippen LogP contribution in [0.15, 0.2) is 40.8 Å². The van der Waals surface area contributed by atoms with E-state index >= 15 is 0 Å². The van der Waals surface area contributed by atoms with Gasteiger partial charge in [0.1, 0.15) is 17.3 Å². The lowest BCUT2D eigenvalue weighted by molar-refractivity contribution is -0.121. The molecule has 1 N–H and O–H groups in total. The Morgan fingerprint density at radius 2 is 2.00 bits per heavy atom. The van der Waals surface area contributed by atoms with Crippen LogP contribution in [0.5, 0.6) is 0 Å². The van der Waals surface area contributed by atoms with Crippen molar-refractivity contribution < 1.29 is 13.6 Å². The number of fused-ring (bicyclic) bond motifs is 1. The van der Waals surface area contributed by atoms with E-state index in [1.807, 2.05) is 0 Å². The largest absolute Gasteiger partial charge is 0.461 e. The predicted octanol–water partition coefficient (Wildman–Crippen LogP) is 4.71. The number of hydrogen-bond acceptors (Lipinski definition) is 4. The first-order chi connectivity index (χ1) is 13.7. The summed E-state index contributed by atoms with van der Waals surface area (Å²) >= 11 is 1.79. The molecule has 3 aromatic rings. The van der Waals surface area contributed by atoms with E-state index < -0.39 is 0 Å². The number of carbonyl (C=O) groups is 1. The van der Waals surface area contributed by atoms with Crippen molar-refractivity contribution in [3.05, 3.63) is 63.6 Å². The first kappa shape index (κ1) is 18.9. The van der Waals surface area contributed by atoms with Crippen molar-refractivity contribution in [2.45, 2.75) is 44.9 Å². The van der Waals surface area contributed by atoms with Crippen molar-refractivity contribution in [2.75, 3.05) is 6.54 Å². The Hall–Kier alpha value is -2.47. The number of amides is 1. The topological polar surface area (TPSA) is 55.1 Å². The van der Waals surface area contributed by atoms with E-state index in [1.165, 1.54) is 29.5 Å². The van der Waals surface area contributed by atoms with Gasteiger partial charge < -0.3 is 9.73 Å². The maximum absolute atomic E-state index is 13.8. The summed E-state index contributed by atoms with van der Waals surface area (Å²) in [4.78, 5) is 18.2. The third kappa shape index (κ3) is 4.50. The van der Waals surface area contributed by atoms with Gasteiger partial charge in [-0.3, -0.25) is 4.79 Å². The maximum atomic E-state index is 13.8. The van der Waals surface area contributed by atoms with Gasteiger partial charge in [0.2, 0.25) is 5.91 Å². The normalized spacial score (nSPS) is 13.3. The molecule has 1 amide bonds. The molecule has 4 rings (SSSR count). The van der Waals surface area contributed by atoms with Crippen LogP contribution < -0.4 is 5.32 Å². The fourth-order valence-corrected chi connectivity index (χ4v) is 4.62. The minimum absolute atomic E-state index is 0.00911. The molecule has 0 atom stereocenters. The van der Waals surface area contributed by atoms with Gasteiger partial charge in [-0.15, -0.1) is 11.3 Å². The third-order valence-corrected chi connectivity index (χ3v) is 6.17. The summed E-state index contributed by atoms with van der Waals surface area (Å²) in [7, 11) is 0. The molecular weight excluding hydrogens is 375 g/mol. The van der Waals surface area contributed by atoms with Gasteiger partial charge in [0.25, 0.3) is 0 Å². The van der Waals surface area contributed by atoms with Crippen LogP contribution >= 0.6 is 11.3 Å².